The van der Waals surface area contributed by atoms with E-state index in [2.05, 4.69) is 10.6 Å². The molecule has 0 spiro atoms. The van der Waals surface area contributed by atoms with Crippen LogP contribution in [0.5, 0.6) is 0 Å². The number of hydrogen-bond donors (Lipinski definition) is 4. The van der Waals surface area contributed by atoms with Crippen molar-refractivity contribution in [2.24, 2.45) is 11.1 Å². The van der Waals surface area contributed by atoms with Gasteiger partial charge in [0.2, 0.25) is 5.91 Å². The van der Waals surface area contributed by atoms with Crippen LogP contribution in [-0.2, 0) is 9.59 Å². The highest BCUT2D eigenvalue weighted by Gasteiger charge is 2.40. The average Bonchev–Trinajstić information content (AvgIpc) is 2.35. The Hall–Kier alpha value is -1.79. The zero-order chi connectivity index (χ0) is 16.1. The quantitative estimate of drug-likeness (QED) is 0.584. The predicted octanol–water partition coefficient (Wildman–Crippen LogP) is 0.975. The van der Waals surface area contributed by atoms with Crippen molar-refractivity contribution in [1.82, 2.24) is 10.6 Å². The zero-order valence-corrected chi connectivity index (χ0v) is 12.7. The lowest BCUT2D eigenvalue weighted by atomic mass is 9.74. The maximum Gasteiger partial charge on any atom is 0.315 e. The normalized spacial score (nSPS) is 17.8. The molecule has 0 aromatic heterocycles. The van der Waals surface area contributed by atoms with Crippen LogP contribution in [0.4, 0.5) is 4.79 Å². The van der Waals surface area contributed by atoms with Crippen LogP contribution < -0.4 is 16.4 Å². The summed E-state index contributed by atoms with van der Waals surface area (Å²) in [4.78, 5) is 34.3. The van der Waals surface area contributed by atoms with Crippen molar-refractivity contribution in [3.05, 3.63) is 0 Å². The van der Waals surface area contributed by atoms with Crippen LogP contribution in [-0.4, -0.2) is 35.1 Å². The summed E-state index contributed by atoms with van der Waals surface area (Å²) in [6.45, 7) is 3.47. The molecule has 1 saturated carbocycles. The van der Waals surface area contributed by atoms with E-state index in [9.17, 15) is 19.5 Å². The molecule has 1 aliphatic rings. The number of nitrogens with two attached hydrogens (primary N) is 1. The maximum atomic E-state index is 11.9. The summed E-state index contributed by atoms with van der Waals surface area (Å²) in [5.41, 5.74) is 3.48. The molecule has 0 aromatic rings. The highest BCUT2D eigenvalue weighted by molar-refractivity contribution is 5.80. The number of nitrogens with one attached hydrogen (secondary N) is 2. The van der Waals surface area contributed by atoms with E-state index in [1.54, 1.807) is 13.8 Å². The summed E-state index contributed by atoms with van der Waals surface area (Å²) in [6.07, 6.45) is 3.93. The van der Waals surface area contributed by atoms with Crippen LogP contribution in [0.3, 0.4) is 0 Å². The Kier molecular flexibility index (Phi) is 5.57. The number of aliphatic carboxylic acids is 1. The highest BCUT2D eigenvalue weighted by Crippen LogP contribution is 2.35. The van der Waals surface area contributed by atoms with Crippen LogP contribution in [0.25, 0.3) is 0 Å². The van der Waals surface area contributed by atoms with Crippen LogP contribution in [0.15, 0.2) is 0 Å². The Bertz CT molecular complexity index is 414. The molecule has 7 nitrogen and oxygen atoms in total. The van der Waals surface area contributed by atoms with Crippen LogP contribution in [0, 0.1) is 5.41 Å². The van der Waals surface area contributed by atoms with Gasteiger partial charge in [-0.25, -0.2) is 4.79 Å². The first-order valence-corrected chi connectivity index (χ1v) is 7.25. The van der Waals surface area contributed by atoms with Gasteiger partial charge in [-0.2, -0.15) is 0 Å². The number of amides is 3. The fourth-order valence-corrected chi connectivity index (χ4v) is 2.78. The van der Waals surface area contributed by atoms with E-state index < -0.39 is 28.9 Å². The monoisotopic (exact) mass is 299 g/mol. The Morgan fingerprint density at radius 1 is 1.19 bits per heavy atom. The van der Waals surface area contributed by atoms with E-state index in [0.717, 1.165) is 19.3 Å². The Balaban J connectivity index is 2.54. The van der Waals surface area contributed by atoms with Gasteiger partial charge in [-0.3, -0.25) is 9.59 Å². The number of carboxylic acids is 1. The summed E-state index contributed by atoms with van der Waals surface area (Å²) in [7, 11) is 0. The van der Waals surface area contributed by atoms with Gasteiger partial charge in [-0.15, -0.1) is 0 Å². The minimum atomic E-state index is -0.872. The van der Waals surface area contributed by atoms with Crippen LogP contribution in [0.1, 0.15) is 52.4 Å². The number of urea groups is 1. The zero-order valence-electron chi connectivity index (χ0n) is 12.7. The molecule has 0 bridgehead atoms. The third-order valence-electron chi connectivity index (χ3n) is 3.92. The van der Waals surface area contributed by atoms with Crippen molar-refractivity contribution in [1.29, 1.82) is 0 Å². The molecule has 7 heteroatoms. The minimum absolute atomic E-state index is 0.0183. The summed E-state index contributed by atoms with van der Waals surface area (Å²) >= 11 is 0. The van der Waals surface area contributed by atoms with E-state index >= 15 is 0 Å². The molecule has 5 N–H and O–H groups in total. The molecular weight excluding hydrogens is 274 g/mol. The van der Waals surface area contributed by atoms with Gasteiger partial charge in [0.05, 0.1) is 5.41 Å². The molecule has 0 atom stereocenters. The van der Waals surface area contributed by atoms with E-state index in [1.807, 2.05) is 0 Å². The second kappa shape index (κ2) is 6.78. The molecule has 0 radical (unpaired) electrons. The number of carbonyl (C=O) groups excluding carboxylic acids is 2. The molecule has 0 unspecified atom stereocenters. The molecule has 120 valence electrons. The molecule has 3 amide bonds. The molecule has 0 aliphatic heterocycles. The van der Waals surface area contributed by atoms with Gasteiger partial charge < -0.3 is 21.5 Å². The summed E-state index contributed by atoms with van der Waals surface area (Å²) < 4.78 is 0. The molecule has 0 heterocycles. The second-order valence-corrected chi connectivity index (χ2v) is 6.48. The van der Waals surface area contributed by atoms with Gasteiger partial charge in [-0.1, -0.05) is 19.3 Å². The molecule has 0 aromatic carbocycles. The first-order chi connectivity index (χ1) is 9.67. The maximum absolute atomic E-state index is 11.9. The predicted molar refractivity (Wildman–Crippen MR) is 77.6 cm³/mol. The SMILES string of the molecule is CC(C)(CC(N)=O)NC(=O)NCC1(C(=O)O)CCCCC1. The van der Waals surface area contributed by atoms with Crippen molar-refractivity contribution in [2.45, 2.75) is 57.9 Å². The lowest BCUT2D eigenvalue weighted by molar-refractivity contribution is -0.150. The lowest BCUT2D eigenvalue weighted by Crippen LogP contribution is -2.53. The van der Waals surface area contributed by atoms with Gasteiger partial charge in [0.25, 0.3) is 0 Å². The molecule has 21 heavy (non-hydrogen) atoms. The van der Waals surface area contributed by atoms with Crippen molar-refractivity contribution < 1.29 is 19.5 Å². The summed E-state index contributed by atoms with van der Waals surface area (Å²) in [5, 5.41) is 14.7. The van der Waals surface area contributed by atoms with E-state index in [-0.39, 0.29) is 13.0 Å². The fraction of sp³-hybridized carbons (Fsp3) is 0.786. The number of hydrogen-bond acceptors (Lipinski definition) is 3. The van der Waals surface area contributed by atoms with Crippen molar-refractivity contribution in [2.75, 3.05) is 6.54 Å². The summed E-state index contributed by atoms with van der Waals surface area (Å²) in [6, 6.07) is -0.479. The number of carbonyl (C=O) groups is 3. The topological polar surface area (TPSA) is 122 Å². The Morgan fingerprint density at radius 2 is 1.76 bits per heavy atom. The molecular formula is C14H25N3O4. The molecule has 0 saturated heterocycles. The third kappa shape index (κ3) is 5.24. The minimum Gasteiger partial charge on any atom is -0.481 e. The molecule has 1 aliphatic carbocycles. The van der Waals surface area contributed by atoms with Crippen molar-refractivity contribution >= 4 is 17.9 Å². The third-order valence-corrected chi connectivity index (χ3v) is 3.92. The van der Waals surface area contributed by atoms with Gasteiger partial charge in [0.1, 0.15) is 0 Å². The van der Waals surface area contributed by atoms with Gasteiger partial charge in [0.15, 0.2) is 0 Å². The number of carboxylic acid groups (broad SMARTS) is 1. The van der Waals surface area contributed by atoms with Crippen molar-refractivity contribution in [3.63, 3.8) is 0 Å². The summed E-state index contributed by atoms with van der Waals surface area (Å²) in [5.74, 6) is -1.37. The standard InChI is InChI=1S/C14H25N3O4/c1-13(2,8-10(15)18)17-12(21)16-9-14(11(19)20)6-4-3-5-7-14/h3-9H2,1-2H3,(H2,15,18)(H,19,20)(H2,16,17,21). The first-order valence-electron chi connectivity index (χ1n) is 7.25. The number of rotatable bonds is 6. The fourth-order valence-electron chi connectivity index (χ4n) is 2.78. The van der Waals surface area contributed by atoms with E-state index in [1.165, 1.54) is 0 Å². The van der Waals surface area contributed by atoms with Crippen LogP contribution in [0.2, 0.25) is 0 Å². The van der Waals surface area contributed by atoms with Gasteiger partial charge in [0, 0.05) is 18.5 Å². The Morgan fingerprint density at radius 3 is 2.24 bits per heavy atom. The van der Waals surface area contributed by atoms with Gasteiger partial charge in [-0.05, 0) is 26.7 Å². The van der Waals surface area contributed by atoms with Gasteiger partial charge >= 0.3 is 12.0 Å². The van der Waals surface area contributed by atoms with Crippen molar-refractivity contribution in [3.8, 4) is 0 Å². The largest absolute Gasteiger partial charge is 0.481 e. The van der Waals surface area contributed by atoms with Crippen LogP contribution >= 0.6 is 0 Å². The second-order valence-electron chi connectivity index (χ2n) is 6.48. The Labute approximate surface area is 124 Å². The van der Waals surface area contributed by atoms with E-state index in [0.29, 0.717) is 12.8 Å². The highest BCUT2D eigenvalue weighted by atomic mass is 16.4. The molecule has 1 rings (SSSR count). The smallest absolute Gasteiger partial charge is 0.315 e. The lowest BCUT2D eigenvalue weighted by Gasteiger charge is -2.34. The average molecular weight is 299 g/mol. The first kappa shape index (κ1) is 17.3. The van der Waals surface area contributed by atoms with E-state index in [4.69, 9.17) is 5.73 Å². The number of primary amides is 1. The molecule has 1 fully saturated rings.